The van der Waals surface area contributed by atoms with Gasteiger partial charge < -0.3 is 19.9 Å². The van der Waals surface area contributed by atoms with Gasteiger partial charge in [-0.1, -0.05) is 37.3 Å². The van der Waals surface area contributed by atoms with Gasteiger partial charge in [-0.15, -0.1) is 0 Å². The number of amides is 2. The third-order valence-electron chi connectivity index (χ3n) is 7.11. The molecule has 4 rings (SSSR count). The van der Waals surface area contributed by atoms with Crippen LogP contribution >= 0.6 is 0 Å². The number of hydrogen-bond acceptors (Lipinski definition) is 3. The number of methoxy groups -OCH3 is 1. The maximum absolute atomic E-state index is 13.1. The number of benzene rings is 2. The van der Waals surface area contributed by atoms with Crippen LogP contribution in [0.15, 0.2) is 54.6 Å². The minimum absolute atomic E-state index is 0.0141. The Morgan fingerprint density at radius 3 is 2.53 bits per heavy atom. The van der Waals surface area contributed by atoms with E-state index in [2.05, 4.69) is 29.4 Å². The van der Waals surface area contributed by atoms with Crippen LogP contribution < -0.4 is 10.1 Å². The maximum Gasteiger partial charge on any atom is 0.270 e. The average Bonchev–Trinajstić information content (AvgIpc) is 3.30. The fourth-order valence-corrected chi connectivity index (χ4v) is 4.81. The molecular weight excluding hydrogens is 426 g/mol. The molecule has 0 saturated carbocycles. The Labute approximate surface area is 201 Å². The lowest BCUT2D eigenvalue weighted by Gasteiger charge is -2.34. The van der Waals surface area contributed by atoms with Crippen molar-refractivity contribution in [2.75, 3.05) is 20.2 Å². The molecule has 1 aromatic heterocycles. The highest BCUT2D eigenvalue weighted by Gasteiger charge is 2.31. The Morgan fingerprint density at radius 1 is 1.09 bits per heavy atom. The summed E-state index contributed by atoms with van der Waals surface area (Å²) in [5, 5.41) is 4.19. The molecular formula is C28H35N3O3. The molecule has 180 valence electrons. The molecule has 1 aliphatic rings. The molecule has 6 heteroatoms. The Morgan fingerprint density at radius 2 is 1.82 bits per heavy atom. The molecule has 2 amide bonds. The van der Waals surface area contributed by atoms with Crippen molar-refractivity contribution >= 4 is 22.7 Å². The summed E-state index contributed by atoms with van der Waals surface area (Å²) in [6.45, 7) is 5.43. The molecule has 2 N–H and O–H groups in total. The molecule has 0 radical (unpaired) electrons. The summed E-state index contributed by atoms with van der Waals surface area (Å²) in [4.78, 5) is 31.0. The number of rotatable bonds is 8. The molecule has 34 heavy (non-hydrogen) atoms. The first-order valence-corrected chi connectivity index (χ1v) is 12.2. The number of piperidine rings is 1. The molecule has 3 aromatic rings. The average molecular weight is 462 g/mol. The van der Waals surface area contributed by atoms with E-state index in [1.54, 1.807) is 7.11 Å². The van der Waals surface area contributed by atoms with Crippen molar-refractivity contribution in [1.82, 2.24) is 15.2 Å². The van der Waals surface area contributed by atoms with E-state index in [0.29, 0.717) is 18.8 Å². The smallest absolute Gasteiger partial charge is 0.270 e. The molecule has 1 saturated heterocycles. The van der Waals surface area contributed by atoms with Crippen LogP contribution in [-0.2, 0) is 11.2 Å². The first-order chi connectivity index (χ1) is 16.4. The number of carbonyl (C=O) groups is 2. The number of nitrogens with zero attached hydrogens (tertiary/aromatic N) is 1. The number of hydrogen-bond donors (Lipinski definition) is 2. The van der Waals surface area contributed by atoms with Gasteiger partial charge in [-0.3, -0.25) is 9.59 Å². The lowest BCUT2D eigenvalue weighted by atomic mass is 9.84. The van der Waals surface area contributed by atoms with Gasteiger partial charge in [0.25, 0.3) is 5.91 Å². The normalized spacial score (nSPS) is 16.3. The molecule has 2 atom stereocenters. The van der Waals surface area contributed by atoms with Gasteiger partial charge >= 0.3 is 0 Å². The number of ether oxygens (including phenoxy) is 1. The van der Waals surface area contributed by atoms with Crippen LogP contribution in [0.3, 0.4) is 0 Å². The van der Waals surface area contributed by atoms with Crippen molar-refractivity contribution in [3.8, 4) is 5.75 Å². The van der Waals surface area contributed by atoms with E-state index in [9.17, 15) is 9.59 Å². The van der Waals surface area contributed by atoms with Gasteiger partial charge in [-0.25, -0.2) is 0 Å². The molecule has 1 aliphatic heterocycles. The predicted octanol–water partition coefficient (Wildman–Crippen LogP) is 4.80. The zero-order valence-corrected chi connectivity index (χ0v) is 20.3. The van der Waals surface area contributed by atoms with E-state index in [1.165, 1.54) is 5.56 Å². The molecule has 0 unspecified atom stereocenters. The molecule has 0 aliphatic carbocycles. The zero-order chi connectivity index (χ0) is 24.1. The summed E-state index contributed by atoms with van der Waals surface area (Å²) in [6, 6.07) is 18.2. The first-order valence-electron chi connectivity index (χ1n) is 12.2. The van der Waals surface area contributed by atoms with E-state index >= 15 is 0 Å². The zero-order valence-electron chi connectivity index (χ0n) is 20.3. The third-order valence-corrected chi connectivity index (χ3v) is 7.11. The van der Waals surface area contributed by atoms with Crippen molar-refractivity contribution in [2.24, 2.45) is 11.8 Å². The van der Waals surface area contributed by atoms with Gasteiger partial charge in [0.15, 0.2) is 0 Å². The lowest BCUT2D eigenvalue weighted by molar-refractivity contribution is -0.127. The minimum atomic E-state index is -0.0584. The van der Waals surface area contributed by atoms with Crippen molar-refractivity contribution in [3.63, 3.8) is 0 Å². The Hall–Kier alpha value is -3.28. The molecule has 0 spiro atoms. The van der Waals surface area contributed by atoms with Gasteiger partial charge in [0, 0.05) is 42.0 Å². The van der Waals surface area contributed by atoms with Crippen LogP contribution in [0.25, 0.3) is 10.9 Å². The summed E-state index contributed by atoms with van der Waals surface area (Å²) in [7, 11) is 1.63. The Balaban J connectivity index is 1.26. The summed E-state index contributed by atoms with van der Waals surface area (Å²) in [5.41, 5.74) is 2.78. The van der Waals surface area contributed by atoms with E-state index in [-0.39, 0.29) is 29.7 Å². The standard InChI is InChI=1S/C28H35N3O3/c1-19(9-10-21-7-5-4-6-8-21)29-27(32)20(2)22-13-15-31(16-14-22)28(33)26-17-23-11-12-24(34-3)18-25(23)30-26/h4-8,11-12,17-20,22,30H,9-10,13-16H2,1-3H3,(H,29,32)/t19-,20-/m1/s1. The quantitative estimate of drug-likeness (QED) is 0.506. The second-order valence-electron chi connectivity index (χ2n) is 9.49. The van der Waals surface area contributed by atoms with Crippen LogP contribution in [0.5, 0.6) is 5.75 Å². The second kappa shape index (κ2) is 10.8. The molecule has 1 fully saturated rings. The number of aromatic nitrogens is 1. The van der Waals surface area contributed by atoms with Crippen molar-refractivity contribution in [3.05, 3.63) is 65.9 Å². The van der Waals surface area contributed by atoms with E-state index in [4.69, 9.17) is 4.74 Å². The SMILES string of the molecule is COc1ccc2cc(C(=O)N3CCC([C@@H](C)C(=O)N[C@H](C)CCc4ccccc4)CC3)[nH]c2c1. The fourth-order valence-electron chi connectivity index (χ4n) is 4.81. The van der Waals surface area contributed by atoms with Gasteiger partial charge in [0.1, 0.15) is 11.4 Å². The number of nitrogens with one attached hydrogen (secondary N) is 2. The predicted molar refractivity (Wildman–Crippen MR) is 135 cm³/mol. The molecule has 2 heterocycles. The van der Waals surface area contributed by atoms with Gasteiger partial charge in [-0.2, -0.15) is 0 Å². The Kier molecular flexibility index (Phi) is 7.56. The molecule has 0 bridgehead atoms. The summed E-state index contributed by atoms with van der Waals surface area (Å²) < 4.78 is 5.27. The van der Waals surface area contributed by atoms with Gasteiger partial charge in [0.05, 0.1) is 7.11 Å². The third kappa shape index (κ3) is 5.61. The van der Waals surface area contributed by atoms with Crippen LogP contribution in [0.4, 0.5) is 0 Å². The van der Waals surface area contributed by atoms with Crippen molar-refractivity contribution in [2.45, 2.75) is 45.6 Å². The largest absolute Gasteiger partial charge is 0.497 e. The summed E-state index contributed by atoms with van der Waals surface area (Å²) in [5.74, 6) is 1.13. The number of aromatic amines is 1. The van der Waals surface area contributed by atoms with E-state index in [0.717, 1.165) is 42.3 Å². The maximum atomic E-state index is 13.1. The molecule has 6 nitrogen and oxygen atoms in total. The minimum Gasteiger partial charge on any atom is -0.497 e. The fraction of sp³-hybridized carbons (Fsp3) is 0.429. The van der Waals surface area contributed by atoms with Crippen LogP contribution in [0.1, 0.15) is 49.2 Å². The van der Waals surface area contributed by atoms with Gasteiger partial charge in [-0.05, 0) is 62.3 Å². The number of likely N-dealkylation sites (tertiary alicyclic amines) is 1. The summed E-state index contributed by atoms with van der Waals surface area (Å²) in [6.07, 6.45) is 3.56. The summed E-state index contributed by atoms with van der Waals surface area (Å²) >= 11 is 0. The topological polar surface area (TPSA) is 74.4 Å². The highest BCUT2D eigenvalue weighted by molar-refractivity contribution is 5.98. The van der Waals surface area contributed by atoms with Crippen LogP contribution in [-0.4, -0.2) is 47.9 Å². The number of carbonyl (C=O) groups excluding carboxylic acids is 2. The monoisotopic (exact) mass is 461 g/mol. The van der Waals surface area contributed by atoms with Crippen molar-refractivity contribution < 1.29 is 14.3 Å². The van der Waals surface area contributed by atoms with Crippen LogP contribution in [0, 0.1) is 11.8 Å². The molecule has 2 aromatic carbocycles. The highest BCUT2D eigenvalue weighted by atomic mass is 16.5. The van der Waals surface area contributed by atoms with Crippen molar-refractivity contribution in [1.29, 1.82) is 0 Å². The number of H-pyrrole nitrogens is 1. The Bertz CT molecular complexity index is 1120. The number of aryl methyl sites for hydroxylation is 1. The van der Waals surface area contributed by atoms with E-state index < -0.39 is 0 Å². The van der Waals surface area contributed by atoms with Gasteiger partial charge in [0.2, 0.25) is 5.91 Å². The lowest BCUT2D eigenvalue weighted by Crippen LogP contribution is -2.44. The van der Waals surface area contributed by atoms with Crippen LogP contribution in [0.2, 0.25) is 0 Å². The van der Waals surface area contributed by atoms with E-state index in [1.807, 2.05) is 54.3 Å². The second-order valence-corrected chi connectivity index (χ2v) is 9.49. The first kappa shape index (κ1) is 23.9. The highest BCUT2D eigenvalue weighted by Crippen LogP contribution is 2.27. The number of fused-ring (bicyclic) bond motifs is 1.